The van der Waals surface area contributed by atoms with Crippen molar-refractivity contribution in [3.05, 3.63) is 42.1 Å². The van der Waals surface area contributed by atoms with Crippen LogP contribution in [0.3, 0.4) is 0 Å². The number of carbonyl (C=O) groups is 1. The first-order valence-electron chi connectivity index (χ1n) is 4.36. The summed E-state index contributed by atoms with van der Waals surface area (Å²) in [4.78, 5) is 14.8. The second-order valence-electron chi connectivity index (χ2n) is 3.05. The lowest BCUT2D eigenvalue weighted by Crippen LogP contribution is -2.11. The number of alkyl halides is 2. The lowest BCUT2D eigenvalue weighted by Gasteiger charge is -2.00. The molecule has 0 aliphatic heterocycles. The SMILES string of the molecule is O=C(c1ccc2ccccc2n1)C(F)F. The summed E-state index contributed by atoms with van der Waals surface area (Å²) in [5, 5.41) is 0.823. The normalized spacial score (nSPS) is 10.9. The molecule has 0 aliphatic rings. The summed E-state index contributed by atoms with van der Waals surface area (Å²) >= 11 is 0. The van der Waals surface area contributed by atoms with Crippen LogP contribution in [0, 0.1) is 0 Å². The Morgan fingerprint density at radius 3 is 2.60 bits per heavy atom. The van der Waals surface area contributed by atoms with E-state index in [0.717, 1.165) is 5.39 Å². The zero-order chi connectivity index (χ0) is 10.8. The Hall–Kier alpha value is -1.84. The van der Waals surface area contributed by atoms with Crippen molar-refractivity contribution in [3.63, 3.8) is 0 Å². The highest BCUT2D eigenvalue weighted by Crippen LogP contribution is 2.13. The minimum atomic E-state index is -3.00. The number of pyridine rings is 1. The van der Waals surface area contributed by atoms with Crippen LogP contribution in [0.15, 0.2) is 36.4 Å². The van der Waals surface area contributed by atoms with Crippen LogP contribution in [0.25, 0.3) is 10.9 Å². The highest BCUT2D eigenvalue weighted by molar-refractivity contribution is 5.98. The molecule has 0 atom stereocenters. The number of ketones is 1. The maximum absolute atomic E-state index is 12.1. The van der Waals surface area contributed by atoms with Crippen molar-refractivity contribution in [1.82, 2.24) is 4.98 Å². The monoisotopic (exact) mass is 207 g/mol. The van der Waals surface area contributed by atoms with Crippen molar-refractivity contribution in [2.45, 2.75) is 6.43 Å². The van der Waals surface area contributed by atoms with Gasteiger partial charge in [0.1, 0.15) is 5.69 Å². The van der Waals surface area contributed by atoms with Gasteiger partial charge in [0.05, 0.1) is 5.52 Å². The first-order chi connectivity index (χ1) is 7.18. The number of halogens is 2. The van der Waals surface area contributed by atoms with Crippen LogP contribution in [0.4, 0.5) is 8.78 Å². The average molecular weight is 207 g/mol. The van der Waals surface area contributed by atoms with Crippen molar-refractivity contribution >= 4 is 16.7 Å². The van der Waals surface area contributed by atoms with E-state index in [0.29, 0.717) is 5.52 Å². The Labute approximate surface area is 84.6 Å². The van der Waals surface area contributed by atoms with Crippen LogP contribution in [-0.2, 0) is 0 Å². The fourth-order valence-electron chi connectivity index (χ4n) is 1.32. The van der Waals surface area contributed by atoms with Gasteiger partial charge in [-0.25, -0.2) is 13.8 Å². The maximum Gasteiger partial charge on any atom is 0.302 e. The van der Waals surface area contributed by atoms with E-state index in [2.05, 4.69) is 4.98 Å². The zero-order valence-electron chi connectivity index (χ0n) is 7.65. The number of para-hydroxylation sites is 1. The Morgan fingerprint density at radius 2 is 1.87 bits per heavy atom. The topological polar surface area (TPSA) is 30.0 Å². The molecule has 0 aliphatic carbocycles. The lowest BCUT2D eigenvalue weighted by molar-refractivity contribution is 0.0673. The molecule has 15 heavy (non-hydrogen) atoms. The predicted molar refractivity (Wildman–Crippen MR) is 52.1 cm³/mol. The van der Waals surface area contributed by atoms with Gasteiger partial charge in [0, 0.05) is 5.39 Å². The lowest BCUT2D eigenvalue weighted by atomic mass is 10.2. The van der Waals surface area contributed by atoms with E-state index in [9.17, 15) is 13.6 Å². The molecule has 0 bridgehead atoms. The molecule has 2 rings (SSSR count). The molecule has 0 unspecified atom stereocenters. The van der Waals surface area contributed by atoms with Crippen molar-refractivity contribution in [2.75, 3.05) is 0 Å². The highest BCUT2D eigenvalue weighted by Gasteiger charge is 2.18. The molecular formula is C11H7F2NO. The predicted octanol–water partition coefficient (Wildman–Crippen LogP) is 2.68. The quantitative estimate of drug-likeness (QED) is 0.708. The van der Waals surface area contributed by atoms with Crippen molar-refractivity contribution < 1.29 is 13.6 Å². The van der Waals surface area contributed by atoms with Gasteiger partial charge in [-0.2, -0.15) is 0 Å². The summed E-state index contributed by atoms with van der Waals surface area (Å²) < 4.78 is 24.2. The number of hydrogen-bond acceptors (Lipinski definition) is 2. The maximum atomic E-state index is 12.1. The third kappa shape index (κ3) is 1.83. The summed E-state index contributed by atoms with van der Waals surface area (Å²) in [7, 11) is 0. The number of nitrogens with zero attached hydrogens (tertiary/aromatic N) is 1. The van der Waals surface area contributed by atoms with Crippen molar-refractivity contribution in [1.29, 1.82) is 0 Å². The number of rotatable bonds is 2. The van der Waals surface area contributed by atoms with E-state index in [4.69, 9.17) is 0 Å². The van der Waals surface area contributed by atoms with Gasteiger partial charge in [0.2, 0.25) is 5.78 Å². The van der Waals surface area contributed by atoms with Crippen molar-refractivity contribution in [3.8, 4) is 0 Å². The van der Waals surface area contributed by atoms with Gasteiger partial charge in [0.25, 0.3) is 0 Å². The fourth-order valence-corrected chi connectivity index (χ4v) is 1.32. The van der Waals surface area contributed by atoms with E-state index < -0.39 is 12.2 Å². The number of hydrogen-bond donors (Lipinski definition) is 0. The number of Topliss-reactive ketones (excluding diaryl/α,β-unsaturated/α-hetero) is 1. The molecule has 0 fully saturated rings. The summed E-state index contributed by atoms with van der Waals surface area (Å²) in [6, 6.07) is 9.97. The van der Waals surface area contributed by atoms with Gasteiger partial charge in [0.15, 0.2) is 0 Å². The molecule has 0 amide bonds. The molecule has 2 nitrogen and oxygen atoms in total. The van der Waals surface area contributed by atoms with E-state index in [-0.39, 0.29) is 5.69 Å². The van der Waals surface area contributed by atoms with Crippen LogP contribution < -0.4 is 0 Å². The molecular weight excluding hydrogens is 200 g/mol. The van der Waals surface area contributed by atoms with Gasteiger partial charge < -0.3 is 0 Å². The van der Waals surface area contributed by atoms with Gasteiger partial charge in [-0.1, -0.05) is 24.3 Å². The number of fused-ring (bicyclic) bond motifs is 1. The van der Waals surface area contributed by atoms with Gasteiger partial charge in [-0.05, 0) is 12.1 Å². The van der Waals surface area contributed by atoms with Crippen LogP contribution in [0.2, 0.25) is 0 Å². The molecule has 4 heteroatoms. The summed E-state index contributed by atoms with van der Waals surface area (Å²) in [5.41, 5.74) is 0.354. The summed E-state index contributed by atoms with van der Waals surface area (Å²) in [6.45, 7) is 0. The first kappa shape index (κ1) is 9.71. The molecule has 1 aromatic heterocycles. The third-order valence-electron chi connectivity index (χ3n) is 2.05. The van der Waals surface area contributed by atoms with Crippen LogP contribution in [0.5, 0.6) is 0 Å². The number of carbonyl (C=O) groups excluding carboxylic acids is 1. The van der Waals surface area contributed by atoms with E-state index in [1.54, 1.807) is 24.3 Å². The Kier molecular flexibility index (Phi) is 2.41. The minimum Gasteiger partial charge on any atom is -0.286 e. The van der Waals surface area contributed by atoms with Crippen LogP contribution in [0.1, 0.15) is 10.5 Å². The smallest absolute Gasteiger partial charge is 0.286 e. The molecule has 0 saturated carbocycles. The Morgan fingerprint density at radius 1 is 1.13 bits per heavy atom. The third-order valence-corrected chi connectivity index (χ3v) is 2.05. The molecule has 0 spiro atoms. The zero-order valence-corrected chi connectivity index (χ0v) is 7.65. The highest BCUT2D eigenvalue weighted by atomic mass is 19.3. The minimum absolute atomic E-state index is 0.191. The molecule has 1 heterocycles. The first-order valence-corrected chi connectivity index (χ1v) is 4.36. The van der Waals surface area contributed by atoms with Crippen LogP contribution >= 0.6 is 0 Å². The molecule has 0 saturated heterocycles. The van der Waals surface area contributed by atoms with Gasteiger partial charge in [-0.15, -0.1) is 0 Å². The van der Waals surface area contributed by atoms with E-state index >= 15 is 0 Å². The molecule has 2 aromatic rings. The molecule has 76 valence electrons. The van der Waals surface area contributed by atoms with E-state index in [1.807, 2.05) is 6.07 Å². The van der Waals surface area contributed by atoms with E-state index in [1.165, 1.54) is 6.07 Å². The molecule has 0 radical (unpaired) electrons. The summed E-state index contributed by atoms with van der Waals surface area (Å²) in [6.07, 6.45) is -3.00. The van der Waals surface area contributed by atoms with Crippen LogP contribution in [-0.4, -0.2) is 17.2 Å². The largest absolute Gasteiger partial charge is 0.302 e. The summed E-state index contributed by atoms with van der Waals surface area (Å²) in [5.74, 6) is -1.24. The Balaban J connectivity index is 2.52. The standard InChI is InChI=1S/C11H7F2NO/c12-11(13)10(15)9-6-5-7-3-1-2-4-8(7)14-9/h1-6,11H. The fraction of sp³-hybridized carbons (Fsp3) is 0.0909. The second-order valence-corrected chi connectivity index (χ2v) is 3.05. The van der Waals surface area contributed by atoms with Gasteiger partial charge in [-0.3, -0.25) is 4.79 Å². The van der Waals surface area contributed by atoms with Crippen molar-refractivity contribution in [2.24, 2.45) is 0 Å². The second kappa shape index (κ2) is 3.73. The molecule has 1 aromatic carbocycles. The molecule has 0 N–H and O–H groups in total. The Bertz CT molecular complexity index is 511. The van der Waals surface area contributed by atoms with Gasteiger partial charge >= 0.3 is 6.43 Å². The average Bonchev–Trinajstić information content (AvgIpc) is 2.27. The number of benzene rings is 1. The number of aromatic nitrogens is 1.